The van der Waals surface area contributed by atoms with E-state index in [1.54, 1.807) is 6.92 Å². The zero-order valence-corrected chi connectivity index (χ0v) is 11.9. The average molecular weight is 279 g/mol. The van der Waals surface area contributed by atoms with E-state index in [-0.39, 0.29) is 0 Å². The Kier molecular flexibility index (Phi) is 3.96. The number of anilines is 1. The third-order valence-corrected chi connectivity index (χ3v) is 3.26. The first-order chi connectivity index (χ1) is 10.3. The zero-order valence-electron chi connectivity index (χ0n) is 11.9. The highest BCUT2D eigenvalue weighted by atomic mass is 16.4. The Balaban J connectivity index is 1.71. The molecule has 0 saturated carbocycles. The first kappa shape index (κ1) is 13.4. The smallest absolute Gasteiger partial charge is 0.249 e. The van der Waals surface area contributed by atoms with E-state index in [2.05, 4.69) is 39.8 Å². The maximum atomic E-state index is 5.51. The first-order valence-electron chi connectivity index (χ1n) is 7.00. The van der Waals surface area contributed by atoms with Gasteiger partial charge >= 0.3 is 0 Å². The number of nitrogens with one attached hydrogen (secondary N) is 1. The predicted octanol–water partition coefficient (Wildman–Crippen LogP) is 3.70. The molecule has 1 heterocycles. The standard InChI is InChI=1S/C17H17N3O/c1-13-19-20-17(21-13)15-9-5-6-10-16(15)18-12-11-14-7-3-2-4-8-14/h2-10,18H,11-12H2,1H3. The van der Waals surface area contributed by atoms with Crippen LogP contribution < -0.4 is 5.32 Å². The number of nitrogens with zero attached hydrogens (tertiary/aromatic N) is 2. The van der Waals surface area contributed by atoms with Gasteiger partial charge in [-0.05, 0) is 24.1 Å². The van der Waals surface area contributed by atoms with E-state index >= 15 is 0 Å². The number of benzene rings is 2. The molecule has 0 atom stereocenters. The molecule has 0 radical (unpaired) electrons. The molecule has 0 spiro atoms. The molecule has 1 N–H and O–H groups in total. The van der Waals surface area contributed by atoms with Gasteiger partial charge in [-0.1, -0.05) is 42.5 Å². The largest absolute Gasteiger partial charge is 0.421 e. The van der Waals surface area contributed by atoms with E-state index < -0.39 is 0 Å². The third kappa shape index (κ3) is 3.28. The number of rotatable bonds is 5. The van der Waals surface area contributed by atoms with Crippen molar-refractivity contribution in [3.05, 3.63) is 66.1 Å². The number of aryl methyl sites for hydroxylation is 1. The number of aromatic nitrogens is 2. The van der Waals surface area contributed by atoms with Gasteiger partial charge in [0, 0.05) is 19.2 Å². The quantitative estimate of drug-likeness (QED) is 0.773. The van der Waals surface area contributed by atoms with Crippen molar-refractivity contribution in [2.45, 2.75) is 13.3 Å². The van der Waals surface area contributed by atoms with Crippen molar-refractivity contribution in [2.24, 2.45) is 0 Å². The van der Waals surface area contributed by atoms with Crippen LogP contribution >= 0.6 is 0 Å². The molecule has 0 aliphatic carbocycles. The fraction of sp³-hybridized carbons (Fsp3) is 0.176. The summed E-state index contributed by atoms with van der Waals surface area (Å²) in [6, 6.07) is 18.4. The molecule has 0 amide bonds. The molecular weight excluding hydrogens is 262 g/mol. The van der Waals surface area contributed by atoms with Gasteiger partial charge in [-0.15, -0.1) is 10.2 Å². The Bertz CT molecular complexity index is 707. The molecule has 0 aliphatic heterocycles. The Hall–Kier alpha value is -2.62. The Morgan fingerprint density at radius 2 is 1.71 bits per heavy atom. The predicted molar refractivity (Wildman–Crippen MR) is 83.1 cm³/mol. The van der Waals surface area contributed by atoms with Crippen molar-refractivity contribution >= 4 is 5.69 Å². The minimum absolute atomic E-state index is 0.551. The van der Waals surface area contributed by atoms with Crippen molar-refractivity contribution < 1.29 is 4.42 Å². The summed E-state index contributed by atoms with van der Waals surface area (Å²) in [6.07, 6.45) is 0.970. The molecule has 4 nitrogen and oxygen atoms in total. The minimum atomic E-state index is 0.551. The molecule has 0 aliphatic rings. The maximum absolute atomic E-state index is 5.51. The van der Waals surface area contributed by atoms with Gasteiger partial charge in [0.25, 0.3) is 0 Å². The lowest BCUT2D eigenvalue weighted by molar-refractivity contribution is 0.533. The fourth-order valence-electron chi connectivity index (χ4n) is 2.22. The van der Waals surface area contributed by atoms with E-state index in [4.69, 9.17) is 4.42 Å². The molecule has 0 fully saturated rings. The van der Waals surface area contributed by atoms with Crippen molar-refractivity contribution in [2.75, 3.05) is 11.9 Å². The topological polar surface area (TPSA) is 51.0 Å². The molecule has 2 aromatic carbocycles. The highest BCUT2D eigenvalue weighted by molar-refractivity contribution is 5.72. The van der Waals surface area contributed by atoms with Gasteiger partial charge in [-0.2, -0.15) is 0 Å². The van der Waals surface area contributed by atoms with Gasteiger partial charge in [0.15, 0.2) is 0 Å². The van der Waals surface area contributed by atoms with Crippen LogP contribution in [0.4, 0.5) is 5.69 Å². The SMILES string of the molecule is Cc1nnc(-c2ccccc2NCCc2ccccc2)o1. The molecule has 0 saturated heterocycles. The van der Waals surface area contributed by atoms with Gasteiger partial charge in [0.05, 0.1) is 5.56 Å². The van der Waals surface area contributed by atoms with Crippen molar-refractivity contribution in [3.63, 3.8) is 0 Å². The fourth-order valence-corrected chi connectivity index (χ4v) is 2.22. The molecule has 4 heteroatoms. The third-order valence-electron chi connectivity index (χ3n) is 3.26. The van der Waals surface area contributed by atoms with E-state index in [9.17, 15) is 0 Å². The highest BCUT2D eigenvalue weighted by Crippen LogP contribution is 2.26. The van der Waals surface area contributed by atoms with Crippen molar-refractivity contribution in [3.8, 4) is 11.5 Å². The van der Waals surface area contributed by atoms with E-state index in [0.29, 0.717) is 11.8 Å². The summed E-state index contributed by atoms with van der Waals surface area (Å²) in [5, 5.41) is 11.4. The average Bonchev–Trinajstić information content (AvgIpc) is 2.95. The molecule has 0 unspecified atom stereocenters. The van der Waals surface area contributed by atoms with E-state index in [1.165, 1.54) is 5.56 Å². The lowest BCUT2D eigenvalue weighted by atomic mass is 10.1. The summed E-state index contributed by atoms with van der Waals surface area (Å²) in [5.74, 6) is 1.12. The second-order valence-electron chi connectivity index (χ2n) is 4.83. The van der Waals surface area contributed by atoms with Crippen LogP contribution in [0, 0.1) is 6.92 Å². The summed E-state index contributed by atoms with van der Waals surface area (Å²) in [7, 11) is 0. The van der Waals surface area contributed by atoms with Gasteiger partial charge in [0.2, 0.25) is 11.8 Å². The highest BCUT2D eigenvalue weighted by Gasteiger charge is 2.10. The van der Waals surface area contributed by atoms with Gasteiger partial charge < -0.3 is 9.73 Å². The molecule has 3 aromatic rings. The van der Waals surface area contributed by atoms with Gasteiger partial charge in [-0.3, -0.25) is 0 Å². The van der Waals surface area contributed by atoms with E-state index in [0.717, 1.165) is 24.2 Å². The lowest BCUT2D eigenvalue weighted by Gasteiger charge is -2.09. The van der Waals surface area contributed by atoms with Crippen molar-refractivity contribution in [1.82, 2.24) is 10.2 Å². The van der Waals surface area contributed by atoms with Crippen LogP contribution in [0.3, 0.4) is 0 Å². The van der Waals surface area contributed by atoms with Crippen LogP contribution in [-0.2, 0) is 6.42 Å². The molecular formula is C17H17N3O. The molecule has 21 heavy (non-hydrogen) atoms. The number of hydrogen-bond donors (Lipinski definition) is 1. The summed E-state index contributed by atoms with van der Waals surface area (Å²) < 4.78 is 5.51. The lowest BCUT2D eigenvalue weighted by Crippen LogP contribution is -2.05. The number of hydrogen-bond acceptors (Lipinski definition) is 4. The second kappa shape index (κ2) is 6.22. The Morgan fingerprint density at radius 3 is 2.48 bits per heavy atom. The molecule has 1 aromatic heterocycles. The summed E-state index contributed by atoms with van der Waals surface area (Å²) in [6.45, 7) is 2.65. The number of para-hydroxylation sites is 1. The summed E-state index contributed by atoms with van der Waals surface area (Å²) in [5.41, 5.74) is 3.26. The van der Waals surface area contributed by atoms with Crippen LogP contribution in [0.5, 0.6) is 0 Å². The van der Waals surface area contributed by atoms with Crippen molar-refractivity contribution in [1.29, 1.82) is 0 Å². The molecule has 0 bridgehead atoms. The van der Waals surface area contributed by atoms with Crippen LogP contribution in [0.25, 0.3) is 11.5 Å². The minimum Gasteiger partial charge on any atom is -0.421 e. The molecule has 3 rings (SSSR count). The summed E-state index contributed by atoms with van der Waals surface area (Å²) in [4.78, 5) is 0. The van der Waals surface area contributed by atoms with Crippen LogP contribution in [0.2, 0.25) is 0 Å². The Morgan fingerprint density at radius 1 is 0.952 bits per heavy atom. The normalized spacial score (nSPS) is 10.5. The second-order valence-corrected chi connectivity index (χ2v) is 4.83. The molecule has 106 valence electrons. The monoisotopic (exact) mass is 279 g/mol. The summed E-state index contributed by atoms with van der Waals surface area (Å²) >= 11 is 0. The zero-order chi connectivity index (χ0) is 14.5. The van der Waals surface area contributed by atoms with Crippen LogP contribution in [0.15, 0.2) is 59.0 Å². The maximum Gasteiger partial charge on any atom is 0.249 e. The van der Waals surface area contributed by atoms with Gasteiger partial charge in [0.1, 0.15) is 0 Å². The van der Waals surface area contributed by atoms with Gasteiger partial charge in [-0.25, -0.2) is 0 Å². The first-order valence-corrected chi connectivity index (χ1v) is 7.00. The Labute approximate surface area is 123 Å². The van der Waals surface area contributed by atoms with E-state index in [1.807, 2.05) is 30.3 Å². The van der Waals surface area contributed by atoms with Crippen LogP contribution in [0.1, 0.15) is 11.5 Å². The van der Waals surface area contributed by atoms with Crippen LogP contribution in [-0.4, -0.2) is 16.7 Å².